The van der Waals surface area contributed by atoms with Gasteiger partial charge in [-0.25, -0.2) is 0 Å². The van der Waals surface area contributed by atoms with E-state index in [0.717, 1.165) is 6.54 Å². The van der Waals surface area contributed by atoms with Crippen molar-refractivity contribution in [2.75, 3.05) is 20.1 Å². The Kier molecular flexibility index (Phi) is 4.74. The highest BCUT2D eigenvalue weighted by atomic mass is 16.2. The van der Waals surface area contributed by atoms with E-state index in [1.54, 1.807) is 24.3 Å². The predicted octanol–water partition coefficient (Wildman–Crippen LogP) is 2.42. The van der Waals surface area contributed by atoms with E-state index in [0.29, 0.717) is 17.7 Å². The molecule has 4 nitrogen and oxygen atoms in total. The van der Waals surface area contributed by atoms with Crippen LogP contribution in [0.1, 0.15) is 26.3 Å². The zero-order valence-electron chi connectivity index (χ0n) is 13.5. The Bertz CT molecular complexity index is 783. The third-order valence-corrected chi connectivity index (χ3v) is 3.88. The third-order valence-electron chi connectivity index (χ3n) is 3.88. The molecule has 0 bridgehead atoms. The minimum absolute atomic E-state index is 0.130. The molecular weight excluding hydrogens is 300 g/mol. The van der Waals surface area contributed by atoms with Crippen LogP contribution in [-0.4, -0.2) is 41.8 Å². The van der Waals surface area contributed by atoms with Crippen molar-refractivity contribution >= 4 is 11.8 Å². The van der Waals surface area contributed by atoms with E-state index in [-0.39, 0.29) is 18.4 Å². The Morgan fingerprint density at radius 3 is 2.08 bits per heavy atom. The highest BCUT2D eigenvalue weighted by Gasteiger charge is 2.34. The van der Waals surface area contributed by atoms with Gasteiger partial charge in [-0.1, -0.05) is 54.3 Å². The fourth-order valence-corrected chi connectivity index (χ4v) is 2.66. The molecule has 3 rings (SSSR count). The van der Waals surface area contributed by atoms with Gasteiger partial charge in [-0.05, 0) is 24.7 Å². The molecule has 0 spiro atoms. The number of amides is 2. The molecule has 1 aliphatic heterocycles. The van der Waals surface area contributed by atoms with Crippen molar-refractivity contribution in [3.8, 4) is 11.8 Å². The van der Waals surface area contributed by atoms with E-state index < -0.39 is 0 Å². The summed E-state index contributed by atoms with van der Waals surface area (Å²) in [5.41, 5.74) is 2.15. The Hall–Kier alpha value is -2.90. The quantitative estimate of drug-likeness (QED) is 0.642. The lowest BCUT2D eigenvalue weighted by Gasteiger charge is -2.13. The molecule has 0 atom stereocenters. The van der Waals surface area contributed by atoms with Gasteiger partial charge in [0, 0.05) is 6.54 Å². The molecule has 0 N–H and O–H groups in total. The number of hydrogen-bond acceptors (Lipinski definition) is 3. The summed E-state index contributed by atoms with van der Waals surface area (Å²) in [6.45, 7) is 1.52. The van der Waals surface area contributed by atoms with Gasteiger partial charge in [0.1, 0.15) is 0 Å². The van der Waals surface area contributed by atoms with Crippen LogP contribution in [0, 0.1) is 11.8 Å². The molecule has 0 saturated heterocycles. The number of nitrogens with zero attached hydrogens (tertiary/aromatic N) is 2. The molecule has 0 saturated carbocycles. The van der Waals surface area contributed by atoms with Crippen LogP contribution in [0.25, 0.3) is 0 Å². The molecule has 4 heteroatoms. The van der Waals surface area contributed by atoms with E-state index in [2.05, 4.69) is 28.9 Å². The predicted molar refractivity (Wildman–Crippen MR) is 92.4 cm³/mol. The Morgan fingerprint density at radius 2 is 1.46 bits per heavy atom. The van der Waals surface area contributed by atoms with Crippen molar-refractivity contribution in [1.29, 1.82) is 0 Å². The van der Waals surface area contributed by atoms with Gasteiger partial charge in [0.05, 0.1) is 24.2 Å². The van der Waals surface area contributed by atoms with Crippen LogP contribution in [-0.2, 0) is 6.54 Å². The second-order valence-corrected chi connectivity index (χ2v) is 5.75. The number of carbonyl (C=O) groups excluding carboxylic acids is 2. The number of imide groups is 1. The fraction of sp³-hybridized carbons (Fsp3) is 0.200. The Labute approximate surface area is 141 Å². The molecule has 0 radical (unpaired) electrons. The lowest BCUT2D eigenvalue weighted by Crippen LogP contribution is -2.30. The third kappa shape index (κ3) is 3.37. The molecule has 0 aromatic heterocycles. The number of rotatable bonds is 4. The molecule has 120 valence electrons. The van der Waals surface area contributed by atoms with Crippen molar-refractivity contribution in [2.24, 2.45) is 0 Å². The Balaban J connectivity index is 1.55. The van der Waals surface area contributed by atoms with E-state index in [4.69, 9.17) is 0 Å². The first-order chi connectivity index (χ1) is 11.7. The number of carbonyl (C=O) groups is 2. The maximum Gasteiger partial charge on any atom is 0.262 e. The zero-order chi connectivity index (χ0) is 16.9. The van der Waals surface area contributed by atoms with E-state index >= 15 is 0 Å². The average Bonchev–Trinajstić information content (AvgIpc) is 2.84. The monoisotopic (exact) mass is 318 g/mol. The van der Waals surface area contributed by atoms with Crippen LogP contribution in [0.5, 0.6) is 0 Å². The van der Waals surface area contributed by atoms with Crippen molar-refractivity contribution in [3.63, 3.8) is 0 Å². The van der Waals surface area contributed by atoms with E-state index in [1.807, 2.05) is 25.2 Å². The first-order valence-corrected chi connectivity index (χ1v) is 7.80. The molecule has 2 aromatic carbocycles. The van der Waals surface area contributed by atoms with Crippen LogP contribution in [0.4, 0.5) is 0 Å². The normalized spacial score (nSPS) is 13.0. The number of hydrogen-bond donors (Lipinski definition) is 0. The van der Waals surface area contributed by atoms with Crippen LogP contribution < -0.4 is 0 Å². The summed E-state index contributed by atoms with van der Waals surface area (Å²) in [6.07, 6.45) is 0. The number of fused-ring (bicyclic) bond motifs is 1. The molecule has 2 aromatic rings. The smallest absolute Gasteiger partial charge is 0.262 e. The van der Waals surface area contributed by atoms with Gasteiger partial charge in [-0.15, -0.1) is 0 Å². The van der Waals surface area contributed by atoms with E-state index in [9.17, 15) is 9.59 Å². The maximum absolute atomic E-state index is 12.2. The van der Waals surface area contributed by atoms with Crippen molar-refractivity contribution in [2.45, 2.75) is 6.54 Å². The van der Waals surface area contributed by atoms with Crippen molar-refractivity contribution in [1.82, 2.24) is 9.80 Å². The Morgan fingerprint density at radius 1 is 0.875 bits per heavy atom. The summed E-state index contributed by atoms with van der Waals surface area (Å²) in [4.78, 5) is 27.7. The summed E-state index contributed by atoms with van der Waals surface area (Å²) in [6, 6.07) is 17.0. The summed E-state index contributed by atoms with van der Waals surface area (Å²) in [5.74, 6) is 5.44. The van der Waals surface area contributed by atoms with Gasteiger partial charge in [0.2, 0.25) is 0 Å². The van der Waals surface area contributed by atoms with Crippen LogP contribution >= 0.6 is 0 Å². The molecule has 0 fully saturated rings. The summed E-state index contributed by atoms with van der Waals surface area (Å²) < 4.78 is 0. The number of benzene rings is 2. The van der Waals surface area contributed by atoms with Crippen LogP contribution in [0.3, 0.4) is 0 Å². The SMILES string of the molecule is CN(CC#CCN1C(=O)c2ccccc2C1=O)Cc1ccccc1. The molecule has 24 heavy (non-hydrogen) atoms. The molecular formula is C20H18N2O2. The van der Waals surface area contributed by atoms with Crippen LogP contribution in [0.2, 0.25) is 0 Å². The molecule has 0 unspecified atom stereocenters. The highest BCUT2D eigenvalue weighted by Crippen LogP contribution is 2.21. The fourth-order valence-electron chi connectivity index (χ4n) is 2.66. The second-order valence-electron chi connectivity index (χ2n) is 5.75. The lowest BCUT2D eigenvalue weighted by molar-refractivity contribution is 0.0675. The largest absolute Gasteiger partial charge is 0.291 e. The zero-order valence-corrected chi connectivity index (χ0v) is 13.5. The van der Waals surface area contributed by atoms with Gasteiger partial charge in [-0.2, -0.15) is 0 Å². The van der Waals surface area contributed by atoms with Gasteiger partial charge < -0.3 is 0 Å². The lowest BCUT2D eigenvalue weighted by atomic mass is 10.1. The van der Waals surface area contributed by atoms with Gasteiger partial charge in [0.15, 0.2) is 0 Å². The highest BCUT2D eigenvalue weighted by molar-refractivity contribution is 6.21. The first-order valence-electron chi connectivity index (χ1n) is 7.80. The van der Waals surface area contributed by atoms with Crippen LogP contribution in [0.15, 0.2) is 54.6 Å². The molecule has 2 amide bonds. The first kappa shape index (κ1) is 16.0. The van der Waals surface area contributed by atoms with Gasteiger partial charge in [-0.3, -0.25) is 19.4 Å². The molecule has 0 aliphatic carbocycles. The minimum Gasteiger partial charge on any atom is -0.291 e. The standard InChI is InChI=1S/C20H18N2O2/c1-21(15-16-9-3-2-4-10-16)13-7-8-14-22-19(23)17-11-5-6-12-18(17)20(22)24/h2-6,9-12H,13-15H2,1H3. The van der Waals surface area contributed by atoms with E-state index in [1.165, 1.54) is 10.5 Å². The van der Waals surface area contributed by atoms with Crippen molar-refractivity contribution < 1.29 is 9.59 Å². The van der Waals surface area contributed by atoms with Crippen molar-refractivity contribution in [3.05, 3.63) is 71.3 Å². The topological polar surface area (TPSA) is 40.6 Å². The molecule has 1 heterocycles. The van der Waals surface area contributed by atoms with Gasteiger partial charge >= 0.3 is 0 Å². The maximum atomic E-state index is 12.2. The molecule has 1 aliphatic rings. The summed E-state index contributed by atoms with van der Waals surface area (Å²) in [5, 5.41) is 0. The van der Waals surface area contributed by atoms with Gasteiger partial charge in [0.25, 0.3) is 11.8 Å². The summed E-state index contributed by atoms with van der Waals surface area (Å²) >= 11 is 0. The average molecular weight is 318 g/mol. The second kappa shape index (κ2) is 7.12. The summed E-state index contributed by atoms with van der Waals surface area (Å²) in [7, 11) is 1.99. The minimum atomic E-state index is -0.262.